The Morgan fingerprint density at radius 3 is 2.88 bits per heavy atom. The lowest BCUT2D eigenvalue weighted by atomic mass is 10.5. The molecule has 1 rings (SSSR count). The standard InChI is InChI=1S/C5H2BrOS/c6-4-1-5(2-7)8-3-4/h2-3H. The normalized spacial score (nSPS) is 9.12. The van der Waals surface area contributed by atoms with Gasteiger partial charge >= 0.3 is 0 Å². The van der Waals surface area contributed by atoms with Gasteiger partial charge in [-0.05, 0) is 15.9 Å². The zero-order chi connectivity index (χ0) is 5.98. The van der Waals surface area contributed by atoms with Gasteiger partial charge in [0.15, 0.2) is 6.29 Å². The number of carbonyl (C=O) groups excluding carboxylic acids is 1. The second-order valence-corrected chi connectivity index (χ2v) is 2.96. The van der Waals surface area contributed by atoms with Crippen LogP contribution in [-0.2, 0) is 0 Å². The highest BCUT2D eigenvalue weighted by Crippen LogP contribution is 2.16. The second kappa shape index (κ2) is 2.42. The minimum absolute atomic E-state index is 0.636. The number of rotatable bonds is 1. The molecular weight excluding hydrogens is 188 g/mol. The fourth-order valence-electron chi connectivity index (χ4n) is 0.349. The molecule has 1 aromatic heterocycles. The van der Waals surface area contributed by atoms with Gasteiger partial charge < -0.3 is 0 Å². The Morgan fingerprint density at radius 2 is 2.62 bits per heavy atom. The number of thiophene rings is 1. The van der Waals surface area contributed by atoms with Crippen molar-refractivity contribution in [1.82, 2.24) is 0 Å². The van der Waals surface area contributed by atoms with Crippen molar-refractivity contribution >= 4 is 33.6 Å². The van der Waals surface area contributed by atoms with Crippen molar-refractivity contribution in [2.75, 3.05) is 0 Å². The van der Waals surface area contributed by atoms with Crippen LogP contribution >= 0.6 is 27.3 Å². The molecular formula is C5H2BrOS. The Bertz CT molecular complexity index is 194. The number of halogens is 1. The number of hydrogen-bond acceptors (Lipinski definition) is 2. The molecule has 0 saturated carbocycles. The lowest BCUT2D eigenvalue weighted by Gasteiger charge is -1.67. The first-order chi connectivity index (χ1) is 3.83. The van der Waals surface area contributed by atoms with Crippen molar-refractivity contribution < 1.29 is 4.79 Å². The topological polar surface area (TPSA) is 17.1 Å². The van der Waals surface area contributed by atoms with Crippen LogP contribution in [0.5, 0.6) is 0 Å². The molecule has 0 spiro atoms. The molecule has 3 heteroatoms. The van der Waals surface area contributed by atoms with Crippen molar-refractivity contribution in [2.45, 2.75) is 0 Å². The van der Waals surface area contributed by atoms with Gasteiger partial charge in [0.25, 0.3) is 0 Å². The van der Waals surface area contributed by atoms with Crippen LogP contribution in [0.4, 0.5) is 0 Å². The van der Waals surface area contributed by atoms with Crippen LogP contribution in [-0.4, -0.2) is 6.29 Å². The summed E-state index contributed by atoms with van der Waals surface area (Å²) < 4.78 is 0.851. The third kappa shape index (κ3) is 1.17. The van der Waals surface area contributed by atoms with E-state index in [2.05, 4.69) is 22.0 Å². The van der Waals surface area contributed by atoms with Gasteiger partial charge in [-0.3, -0.25) is 4.79 Å². The van der Waals surface area contributed by atoms with Gasteiger partial charge in [0.2, 0.25) is 0 Å². The highest BCUT2D eigenvalue weighted by molar-refractivity contribution is 9.10. The highest BCUT2D eigenvalue weighted by Gasteiger charge is 1.92. The molecule has 0 N–H and O–H groups in total. The number of carbonyl (C=O) groups is 1. The fourth-order valence-corrected chi connectivity index (χ4v) is 1.49. The van der Waals surface area contributed by atoms with E-state index in [1.807, 2.05) is 5.38 Å². The van der Waals surface area contributed by atoms with Gasteiger partial charge in [-0.25, -0.2) is 0 Å². The monoisotopic (exact) mass is 189 g/mol. The Kier molecular flexibility index (Phi) is 1.81. The van der Waals surface area contributed by atoms with Crippen LogP contribution in [0.2, 0.25) is 0 Å². The second-order valence-electron chi connectivity index (χ2n) is 1.19. The summed E-state index contributed by atoms with van der Waals surface area (Å²) in [4.78, 5) is 10.6. The predicted molar refractivity (Wildman–Crippen MR) is 36.2 cm³/mol. The molecule has 0 aromatic carbocycles. The predicted octanol–water partition coefficient (Wildman–Crippen LogP) is 2.12. The van der Waals surface area contributed by atoms with E-state index in [4.69, 9.17) is 0 Å². The molecule has 41 valence electrons. The van der Waals surface area contributed by atoms with Gasteiger partial charge in [-0.2, -0.15) is 0 Å². The number of aldehydes is 1. The quantitative estimate of drug-likeness (QED) is 0.620. The molecule has 0 bridgehead atoms. The summed E-state index contributed by atoms with van der Waals surface area (Å²) in [6.45, 7) is 0. The minimum atomic E-state index is 0.636. The van der Waals surface area contributed by atoms with E-state index < -0.39 is 0 Å². The van der Waals surface area contributed by atoms with Gasteiger partial charge in [0.1, 0.15) is 0 Å². The van der Waals surface area contributed by atoms with E-state index in [-0.39, 0.29) is 0 Å². The largest absolute Gasteiger partial charge is 0.297 e. The van der Waals surface area contributed by atoms with Crippen molar-refractivity contribution in [3.8, 4) is 0 Å². The summed E-state index contributed by atoms with van der Waals surface area (Å²) in [5.74, 6) is 0. The van der Waals surface area contributed by atoms with Crippen LogP contribution < -0.4 is 0 Å². The first kappa shape index (κ1) is 5.98. The van der Waals surface area contributed by atoms with Gasteiger partial charge in [0, 0.05) is 15.9 Å². The summed E-state index contributed by atoms with van der Waals surface area (Å²) in [6.07, 6.45) is 0.787. The molecule has 0 aliphatic carbocycles. The molecule has 0 aliphatic rings. The molecule has 0 amide bonds. The van der Waals surface area contributed by atoms with E-state index >= 15 is 0 Å². The lowest BCUT2D eigenvalue weighted by Crippen LogP contribution is -1.63. The van der Waals surface area contributed by atoms with E-state index in [9.17, 15) is 4.79 Å². The minimum Gasteiger partial charge on any atom is -0.297 e. The molecule has 1 heterocycles. The summed E-state index contributed by atoms with van der Waals surface area (Å²) >= 11 is 4.55. The van der Waals surface area contributed by atoms with E-state index in [1.54, 1.807) is 0 Å². The molecule has 8 heavy (non-hydrogen) atoms. The Hall–Kier alpha value is -0.150. The SMILES string of the molecule is O=Cc1[c]c(Br)cs1. The maximum atomic E-state index is 9.98. The molecule has 1 radical (unpaired) electrons. The van der Waals surface area contributed by atoms with Crippen LogP contribution in [0.3, 0.4) is 0 Å². The fraction of sp³-hybridized carbons (Fsp3) is 0. The first-order valence-electron chi connectivity index (χ1n) is 1.94. The lowest BCUT2D eigenvalue weighted by molar-refractivity contribution is 0.112. The Labute approximate surface area is 59.5 Å². The first-order valence-corrected chi connectivity index (χ1v) is 3.61. The zero-order valence-corrected chi connectivity index (χ0v) is 6.25. The summed E-state index contributed by atoms with van der Waals surface area (Å²) in [7, 11) is 0. The Balaban J connectivity index is 3.00. The zero-order valence-electron chi connectivity index (χ0n) is 3.85. The molecule has 1 aromatic rings. The molecule has 0 fully saturated rings. The maximum Gasteiger partial charge on any atom is 0.160 e. The third-order valence-corrected chi connectivity index (χ3v) is 2.18. The molecule has 0 unspecified atom stereocenters. The van der Waals surface area contributed by atoms with Crippen molar-refractivity contribution in [3.63, 3.8) is 0 Å². The van der Waals surface area contributed by atoms with E-state index in [1.165, 1.54) is 11.3 Å². The Morgan fingerprint density at radius 1 is 1.88 bits per heavy atom. The van der Waals surface area contributed by atoms with Gasteiger partial charge in [-0.15, -0.1) is 11.3 Å². The van der Waals surface area contributed by atoms with Crippen molar-refractivity contribution in [3.05, 3.63) is 20.8 Å². The average molecular weight is 190 g/mol. The summed E-state index contributed by atoms with van der Waals surface area (Å²) in [5, 5.41) is 1.82. The van der Waals surface area contributed by atoms with Crippen LogP contribution in [0, 0.1) is 6.07 Å². The average Bonchev–Trinajstić information content (AvgIpc) is 2.14. The highest BCUT2D eigenvalue weighted by atomic mass is 79.9. The van der Waals surface area contributed by atoms with E-state index in [0.717, 1.165) is 10.8 Å². The van der Waals surface area contributed by atoms with Gasteiger partial charge in [0.05, 0.1) is 4.88 Å². The molecule has 0 saturated heterocycles. The summed E-state index contributed by atoms with van der Waals surface area (Å²) in [5.41, 5.74) is 0. The molecule has 0 atom stereocenters. The van der Waals surface area contributed by atoms with Crippen molar-refractivity contribution in [1.29, 1.82) is 0 Å². The molecule has 1 nitrogen and oxygen atoms in total. The van der Waals surface area contributed by atoms with Gasteiger partial charge in [-0.1, -0.05) is 0 Å². The number of hydrogen-bond donors (Lipinski definition) is 0. The smallest absolute Gasteiger partial charge is 0.160 e. The van der Waals surface area contributed by atoms with Crippen molar-refractivity contribution in [2.24, 2.45) is 0 Å². The third-order valence-electron chi connectivity index (χ3n) is 0.639. The van der Waals surface area contributed by atoms with E-state index in [0.29, 0.717) is 4.88 Å². The van der Waals surface area contributed by atoms with Crippen LogP contribution in [0.15, 0.2) is 9.85 Å². The summed E-state index contributed by atoms with van der Waals surface area (Å²) in [6, 6.07) is 2.79. The molecule has 0 aliphatic heterocycles. The van der Waals surface area contributed by atoms with Crippen LogP contribution in [0.25, 0.3) is 0 Å². The maximum absolute atomic E-state index is 9.98. The van der Waals surface area contributed by atoms with Crippen LogP contribution in [0.1, 0.15) is 9.67 Å².